The summed E-state index contributed by atoms with van der Waals surface area (Å²) in [5.74, 6) is 0.890. The van der Waals surface area contributed by atoms with Crippen molar-refractivity contribution in [2.24, 2.45) is 11.3 Å². The van der Waals surface area contributed by atoms with Crippen molar-refractivity contribution >= 4 is 0 Å². The molecule has 1 atom stereocenters. The fraction of sp³-hybridized carbons (Fsp3) is 0.722. The number of pyridine rings is 1. The molecule has 112 valence electrons. The van der Waals surface area contributed by atoms with Gasteiger partial charge in [-0.15, -0.1) is 0 Å². The average Bonchev–Trinajstić information content (AvgIpc) is 2.46. The zero-order chi connectivity index (χ0) is 14.8. The maximum absolute atomic E-state index is 4.25. The van der Waals surface area contributed by atoms with Gasteiger partial charge in [-0.1, -0.05) is 26.8 Å². The maximum Gasteiger partial charge on any atom is 0.0335 e. The number of hydrogen-bond acceptors (Lipinski definition) is 2. The molecule has 1 saturated carbocycles. The molecule has 0 bridgehead atoms. The highest BCUT2D eigenvalue weighted by molar-refractivity contribution is 5.13. The molecule has 1 unspecified atom stereocenters. The van der Waals surface area contributed by atoms with Crippen LogP contribution in [-0.4, -0.2) is 23.0 Å². The molecule has 0 radical (unpaired) electrons. The first-order valence-corrected chi connectivity index (χ1v) is 8.01. The average molecular weight is 274 g/mol. The summed E-state index contributed by atoms with van der Waals surface area (Å²) in [7, 11) is 2.28. The summed E-state index contributed by atoms with van der Waals surface area (Å²) in [4.78, 5) is 6.80. The van der Waals surface area contributed by atoms with Crippen molar-refractivity contribution in [2.75, 3.05) is 7.05 Å². The molecule has 1 aromatic heterocycles. The first-order valence-electron chi connectivity index (χ1n) is 8.01. The van der Waals surface area contributed by atoms with Gasteiger partial charge < -0.3 is 0 Å². The lowest BCUT2D eigenvalue weighted by molar-refractivity contribution is 0.0902. The van der Waals surface area contributed by atoms with E-state index in [9.17, 15) is 0 Å². The summed E-state index contributed by atoms with van der Waals surface area (Å²) in [5.41, 5.74) is 1.80. The van der Waals surface area contributed by atoms with Crippen LogP contribution in [0, 0.1) is 11.3 Å². The van der Waals surface area contributed by atoms with E-state index in [4.69, 9.17) is 0 Å². The van der Waals surface area contributed by atoms with Crippen LogP contribution in [0.15, 0.2) is 24.5 Å². The number of hydrogen-bond donors (Lipinski definition) is 0. The van der Waals surface area contributed by atoms with Gasteiger partial charge in [0.15, 0.2) is 0 Å². The number of rotatable bonds is 3. The second-order valence-corrected chi connectivity index (χ2v) is 7.50. The van der Waals surface area contributed by atoms with Crippen LogP contribution in [-0.2, 0) is 0 Å². The summed E-state index contributed by atoms with van der Waals surface area (Å²) in [5, 5.41) is 0. The molecule has 1 aliphatic rings. The van der Waals surface area contributed by atoms with Gasteiger partial charge in [-0.05, 0) is 62.6 Å². The van der Waals surface area contributed by atoms with Crippen molar-refractivity contribution < 1.29 is 0 Å². The van der Waals surface area contributed by atoms with Crippen molar-refractivity contribution in [3.63, 3.8) is 0 Å². The molecule has 0 aliphatic heterocycles. The Balaban J connectivity index is 1.93. The molecule has 0 amide bonds. The molecule has 1 heterocycles. The van der Waals surface area contributed by atoms with Crippen molar-refractivity contribution in [3.05, 3.63) is 30.1 Å². The van der Waals surface area contributed by atoms with E-state index in [2.05, 4.69) is 50.7 Å². The van der Waals surface area contributed by atoms with E-state index in [1.807, 2.05) is 18.5 Å². The Labute approximate surface area is 124 Å². The van der Waals surface area contributed by atoms with E-state index in [0.29, 0.717) is 11.5 Å². The van der Waals surface area contributed by atoms with E-state index in [-0.39, 0.29) is 0 Å². The predicted molar refractivity (Wildman–Crippen MR) is 85.6 cm³/mol. The first kappa shape index (κ1) is 15.5. The van der Waals surface area contributed by atoms with Crippen LogP contribution >= 0.6 is 0 Å². The van der Waals surface area contributed by atoms with Crippen LogP contribution in [0.2, 0.25) is 0 Å². The highest BCUT2D eigenvalue weighted by atomic mass is 15.2. The Bertz CT molecular complexity index is 399. The summed E-state index contributed by atoms with van der Waals surface area (Å²) in [6, 6.07) is 5.41. The quantitative estimate of drug-likeness (QED) is 0.795. The highest BCUT2D eigenvalue weighted by Gasteiger charge is 2.32. The van der Waals surface area contributed by atoms with Crippen LogP contribution in [0.5, 0.6) is 0 Å². The maximum atomic E-state index is 4.25. The van der Waals surface area contributed by atoms with Crippen LogP contribution in [0.1, 0.15) is 65.0 Å². The molecule has 1 aromatic rings. The van der Waals surface area contributed by atoms with Gasteiger partial charge in [0.25, 0.3) is 0 Å². The minimum atomic E-state index is 0.458. The SMILES string of the molecule is CC(c1cccnc1)N(C)[C@H]1CC[C@H](C(C)(C)C)CC1. The zero-order valence-corrected chi connectivity index (χ0v) is 13.8. The Hall–Kier alpha value is -0.890. The molecule has 0 spiro atoms. The minimum absolute atomic E-state index is 0.458. The Morgan fingerprint density at radius 3 is 2.35 bits per heavy atom. The van der Waals surface area contributed by atoms with Gasteiger partial charge in [0.1, 0.15) is 0 Å². The molecule has 2 heteroatoms. The molecule has 1 fully saturated rings. The third kappa shape index (κ3) is 3.60. The third-order valence-electron chi connectivity index (χ3n) is 5.28. The van der Waals surface area contributed by atoms with Gasteiger partial charge in [-0.3, -0.25) is 9.88 Å². The van der Waals surface area contributed by atoms with Crippen molar-refractivity contribution in [1.82, 2.24) is 9.88 Å². The number of nitrogens with zero attached hydrogens (tertiary/aromatic N) is 2. The molecule has 2 nitrogen and oxygen atoms in total. The molecule has 0 aromatic carbocycles. The summed E-state index contributed by atoms with van der Waals surface area (Å²) in [6.45, 7) is 9.47. The van der Waals surface area contributed by atoms with Gasteiger partial charge in [0, 0.05) is 24.5 Å². The lowest BCUT2D eigenvalue weighted by Gasteiger charge is -2.41. The summed E-state index contributed by atoms with van der Waals surface area (Å²) in [6.07, 6.45) is 9.27. The molecule has 0 saturated heterocycles. The molecule has 2 rings (SSSR count). The Kier molecular flexibility index (Phi) is 4.85. The van der Waals surface area contributed by atoms with Crippen LogP contribution in [0.4, 0.5) is 0 Å². The van der Waals surface area contributed by atoms with E-state index in [1.54, 1.807) is 0 Å². The van der Waals surface area contributed by atoms with Gasteiger partial charge in [0.2, 0.25) is 0 Å². The van der Waals surface area contributed by atoms with Crippen molar-refractivity contribution in [1.29, 1.82) is 0 Å². The minimum Gasteiger partial charge on any atom is -0.297 e. The fourth-order valence-electron chi connectivity index (χ4n) is 3.52. The molecule has 1 aliphatic carbocycles. The molecule has 0 N–H and O–H groups in total. The predicted octanol–water partition coefficient (Wildman–Crippen LogP) is 4.68. The zero-order valence-electron chi connectivity index (χ0n) is 13.8. The van der Waals surface area contributed by atoms with Crippen LogP contribution in [0.25, 0.3) is 0 Å². The van der Waals surface area contributed by atoms with Gasteiger partial charge in [0.05, 0.1) is 0 Å². The molecular weight excluding hydrogens is 244 g/mol. The topological polar surface area (TPSA) is 16.1 Å². The Morgan fingerprint density at radius 1 is 1.20 bits per heavy atom. The van der Waals surface area contributed by atoms with Gasteiger partial charge in [-0.25, -0.2) is 0 Å². The van der Waals surface area contributed by atoms with Gasteiger partial charge >= 0.3 is 0 Å². The fourth-order valence-corrected chi connectivity index (χ4v) is 3.52. The lowest BCUT2D eigenvalue weighted by atomic mass is 9.71. The first-order chi connectivity index (χ1) is 9.39. The highest BCUT2D eigenvalue weighted by Crippen LogP contribution is 2.39. The largest absolute Gasteiger partial charge is 0.297 e. The second kappa shape index (κ2) is 6.26. The van der Waals surface area contributed by atoms with E-state index in [1.165, 1.54) is 31.2 Å². The van der Waals surface area contributed by atoms with E-state index >= 15 is 0 Å². The monoisotopic (exact) mass is 274 g/mol. The normalized spacial score (nSPS) is 25.7. The van der Waals surface area contributed by atoms with Crippen LogP contribution < -0.4 is 0 Å². The van der Waals surface area contributed by atoms with Gasteiger partial charge in [-0.2, -0.15) is 0 Å². The van der Waals surface area contributed by atoms with E-state index in [0.717, 1.165) is 12.0 Å². The molecular formula is C18H30N2. The molecule has 20 heavy (non-hydrogen) atoms. The third-order valence-corrected chi connectivity index (χ3v) is 5.28. The Morgan fingerprint density at radius 2 is 1.85 bits per heavy atom. The van der Waals surface area contributed by atoms with Crippen LogP contribution in [0.3, 0.4) is 0 Å². The van der Waals surface area contributed by atoms with Crippen molar-refractivity contribution in [3.8, 4) is 0 Å². The van der Waals surface area contributed by atoms with Crippen molar-refractivity contribution in [2.45, 2.75) is 65.5 Å². The van der Waals surface area contributed by atoms with E-state index < -0.39 is 0 Å². The summed E-state index contributed by atoms with van der Waals surface area (Å²) < 4.78 is 0. The second-order valence-electron chi connectivity index (χ2n) is 7.50. The summed E-state index contributed by atoms with van der Waals surface area (Å²) >= 11 is 0. The standard InChI is InChI=1S/C18H30N2/c1-14(15-7-6-12-19-13-15)20(5)17-10-8-16(9-11-17)18(2,3)4/h6-7,12-14,16-17H,8-11H2,1-5H3/t14?,16-,17-. The smallest absolute Gasteiger partial charge is 0.0335 e. The lowest BCUT2D eigenvalue weighted by Crippen LogP contribution is -2.38. The number of aromatic nitrogens is 1.